The number of aromatic nitrogens is 1. The molecule has 1 heterocycles. The molecule has 3 N–H and O–H groups in total. The van der Waals surface area contributed by atoms with Crippen molar-refractivity contribution in [3.05, 3.63) is 66.9 Å². The van der Waals surface area contributed by atoms with E-state index < -0.39 is 10.1 Å². The molecule has 4 rings (SSSR count). The molecule has 0 aliphatic heterocycles. The van der Waals surface area contributed by atoms with E-state index >= 15 is 0 Å². The first-order valence-corrected chi connectivity index (χ1v) is 9.43. The second-order valence-corrected chi connectivity index (χ2v) is 7.30. The Balaban J connectivity index is 0.00000225. The van der Waals surface area contributed by atoms with Crippen molar-refractivity contribution in [2.45, 2.75) is 4.90 Å². The van der Waals surface area contributed by atoms with Crippen molar-refractivity contribution in [1.29, 1.82) is 0 Å². The molecule has 0 fully saturated rings. The van der Waals surface area contributed by atoms with Gasteiger partial charge >= 0.3 is 29.6 Å². The van der Waals surface area contributed by atoms with Gasteiger partial charge in [-0.2, -0.15) is 13.5 Å². The average Bonchev–Trinajstić information content (AvgIpc) is 2.66. The maximum absolute atomic E-state index is 11.8. The van der Waals surface area contributed by atoms with E-state index in [1.54, 1.807) is 36.5 Å². The summed E-state index contributed by atoms with van der Waals surface area (Å²) in [6.07, 6.45) is 1.70. The van der Waals surface area contributed by atoms with Gasteiger partial charge in [0.25, 0.3) is 10.1 Å². The first-order chi connectivity index (χ1) is 12.9. The van der Waals surface area contributed by atoms with E-state index in [2.05, 4.69) is 15.2 Å². The fourth-order valence-corrected chi connectivity index (χ4v) is 3.60. The third-order valence-electron chi connectivity index (χ3n) is 4.16. The van der Waals surface area contributed by atoms with Crippen molar-refractivity contribution in [1.82, 2.24) is 4.98 Å². The van der Waals surface area contributed by atoms with Gasteiger partial charge in [-0.15, -0.1) is 5.11 Å². The molecule has 0 spiro atoms. The van der Waals surface area contributed by atoms with Crippen molar-refractivity contribution >= 4 is 78.4 Å². The molecule has 7 nitrogen and oxygen atoms in total. The zero-order valence-electron chi connectivity index (χ0n) is 13.9. The third-order valence-corrected chi connectivity index (χ3v) is 5.06. The minimum atomic E-state index is -4.45. The summed E-state index contributed by atoms with van der Waals surface area (Å²) in [4.78, 5) is 3.98. The standard InChI is InChI=1S/C19H14N4O3S.Na.H/c20-19-15-6-2-1-5-14(15)18(27(24,25)26)11-17(19)23-22-13-7-8-16-12(10-13)4-3-9-21-16;;/h1-11H,20H2,(H,24,25,26);;. The molecule has 3 aromatic carbocycles. The first-order valence-electron chi connectivity index (χ1n) is 7.99. The third kappa shape index (κ3) is 3.91. The number of nitrogens with two attached hydrogens (primary N) is 1. The second kappa shape index (κ2) is 7.94. The first kappa shape index (κ1) is 20.4. The van der Waals surface area contributed by atoms with Crippen LogP contribution >= 0.6 is 0 Å². The molecule has 9 heteroatoms. The number of fused-ring (bicyclic) bond motifs is 2. The Morgan fingerprint density at radius 2 is 1.68 bits per heavy atom. The predicted molar refractivity (Wildman–Crippen MR) is 111 cm³/mol. The molecule has 0 saturated heterocycles. The second-order valence-electron chi connectivity index (χ2n) is 5.91. The molecule has 1 aromatic heterocycles. The molecule has 0 saturated carbocycles. The summed E-state index contributed by atoms with van der Waals surface area (Å²) in [5.74, 6) is 0. The molecule has 0 bridgehead atoms. The summed E-state index contributed by atoms with van der Waals surface area (Å²) >= 11 is 0. The predicted octanol–water partition coefficient (Wildman–Crippen LogP) is 3.98. The van der Waals surface area contributed by atoms with Crippen LogP contribution in [-0.4, -0.2) is 47.5 Å². The van der Waals surface area contributed by atoms with Crippen LogP contribution in [0.4, 0.5) is 17.1 Å². The van der Waals surface area contributed by atoms with E-state index in [0.717, 1.165) is 10.9 Å². The van der Waals surface area contributed by atoms with Crippen LogP contribution in [0.25, 0.3) is 21.7 Å². The molecular weight excluding hydrogens is 387 g/mol. The van der Waals surface area contributed by atoms with Crippen LogP contribution in [-0.2, 0) is 10.1 Å². The van der Waals surface area contributed by atoms with E-state index in [1.165, 1.54) is 6.07 Å². The van der Waals surface area contributed by atoms with Gasteiger partial charge in [-0.05, 0) is 30.3 Å². The Labute approximate surface area is 183 Å². The van der Waals surface area contributed by atoms with Gasteiger partial charge in [-0.1, -0.05) is 30.3 Å². The van der Waals surface area contributed by atoms with Crippen molar-refractivity contribution in [2.24, 2.45) is 10.2 Å². The molecule has 0 atom stereocenters. The van der Waals surface area contributed by atoms with Gasteiger partial charge in [0.1, 0.15) is 10.6 Å². The van der Waals surface area contributed by atoms with Crippen LogP contribution in [0.15, 0.2) is 82.0 Å². The molecule has 0 aliphatic carbocycles. The fourth-order valence-electron chi connectivity index (χ4n) is 2.88. The zero-order chi connectivity index (χ0) is 19.0. The van der Waals surface area contributed by atoms with Crippen LogP contribution in [0.5, 0.6) is 0 Å². The Hall–Kier alpha value is -2.36. The Bertz CT molecular complexity index is 1320. The molecule has 0 amide bonds. The van der Waals surface area contributed by atoms with Crippen molar-refractivity contribution < 1.29 is 13.0 Å². The number of hydrogen-bond donors (Lipinski definition) is 2. The number of anilines is 1. The number of nitrogen functional groups attached to an aromatic ring is 1. The molecule has 0 aliphatic rings. The zero-order valence-corrected chi connectivity index (χ0v) is 14.8. The van der Waals surface area contributed by atoms with Gasteiger partial charge in [-0.25, -0.2) is 0 Å². The van der Waals surface area contributed by atoms with Crippen LogP contribution < -0.4 is 5.73 Å². The average molecular weight is 402 g/mol. The van der Waals surface area contributed by atoms with Gasteiger partial charge in [0, 0.05) is 22.4 Å². The van der Waals surface area contributed by atoms with Gasteiger partial charge in [0.2, 0.25) is 0 Å². The maximum atomic E-state index is 11.8. The van der Waals surface area contributed by atoms with E-state index in [1.807, 2.05) is 24.3 Å². The number of hydrogen-bond acceptors (Lipinski definition) is 6. The Morgan fingerprint density at radius 3 is 2.43 bits per heavy atom. The van der Waals surface area contributed by atoms with Crippen molar-refractivity contribution in [3.8, 4) is 0 Å². The molecular formula is C19H15N4NaO3S. The topological polar surface area (TPSA) is 118 Å². The monoisotopic (exact) mass is 402 g/mol. The molecule has 136 valence electrons. The van der Waals surface area contributed by atoms with Gasteiger partial charge in [0.05, 0.1) is 16.9 Å². The van der Waals surface area contributed by atoms with Crippen LogP contribution in [0.3, 0.4) is 0 Å². The van der Waals surface area contributed by atoms with Crippen LogP contribution in [0.1, 0.15) is 0 Å². The number of pyridine rings is 1. The van der Waals surface area contributed by atoms with Crippen molar-refractivity contribution in [2.75, 3.05) is 5.73 Å². The van der Waals surface area contributed by atoms with Crippen LogP contribution in [0, 0.1) is 0 Å². The van der Waals surface area contributed by atoms with E-state index in [9.17, 15) is 13.0 Å². The van der Waals surface area contributed by atoms with Crippen LogP contribution in [0.2, 0.25) is 0 Å². The summed E-state index contributed by atoms with van der Waals surface area (Å²) < 4.78 is 33.1. The van der Waals surface area contributed by atoms with E-state index in [0.29, 0.717) is 16.5 Å². The quantitative estimate of drug-likeness (QED) is 0.233. The Morgan fingerprint density at radius 1 is 0.929 bits per heavy atom. The van der Waals surface area contributed by atoms with E-state index in [4.69, 9.17) is 5.73 Å². The molecule has 28 heavy (non-hydrogen) atoms. The van der Waals surface area contributed by atoms with Crippen molar-refractivity contribution in [3.63, 3.8) is 0 Å². The summed E-state index contributed by atoms with van der Waals surface area (Å²) in [6, 6.07) is 17.0. The summed E-state index contributed by atoms with van der Waals surface area (Å²) in [5.41, 5.74) is 7.98. The number of azo groups is 1. The number of benzene rings is 3. The minimum absolute atomic E-state index is 0. The van der Waals surface area contributed by atoms with Gasteiger partial charge in [0.15, 0.2) is 0 Å². The number of rotatable bonds is 3. The normalized spacial score (nSPS) is 11.8. The summed E-state index contributed by atoms with van der Waals surface area (Å²) in [7, 11) is -4.45. The fraction of sp³-hybridized carbons (Fsp3) is 0. The SMILES string of the molecule is Nc1c(N=Nc2ccc3ncccc3c2)cc(S(=O)(=O)O)c2ccccc12.[NaH]. The molecule has 4 aromatic rings. The van der Waals surface area contributed by atoms with E-state index in [-0.39, 0.29) is 45.8 Å². The van der Waals surface area contributed by atoms with Gasteiger partial charge in [-0.3, -0.25) is 9.54 Å². The van der Waals surface area contributed by atoms with Gasteiger partial charge < -0.3 is 5.73 Å². The Kier molecular flexibility index (Phi) is 5.78. The number of nitrogens with zero attached hydrogens (tertiary/aromatic N) is 3. The molecule has 0 unspecified atom stereocenters. The summed E-state index contributed by atoms with van der Waals surface area (Å²) in [5, 5.41) is 9.97. The molecule has 0 radical (unpaired) electrons. The summed E-state index contributed by atoms with van der Waals surface area (Å²) in [6.45, 7) is 0.